The Morgan fingerprint density at radius 1 is 1.00 bits per heavy atom. The van der Waals surface area contributed by atoms with Crippen molar-refractivity contribution in [2.45, 2.75) is 0 Å². The fraction of sp³-hybridized carbons (Fsp3) is 0. The van der Waals surface area contributed by atoms with E-state index in [1.807, 2.05) is 41.1 Å². The summed E-state index contributed by atoms with van der Waals surface area (Å²) in [6.07, 6.45) is 3.96. The molecule has 0 amide bonds. The molecule has 3 aromatic rings. The van der Waals surface area contributed by atoms with E-state index in [1.54, 1.807) is 0 Å². The van der Waals surface area contributed by atoms with Gasteiger partial charge in [0.2, 0.25) is 0 Å². The molecule has 1 aromatic carbocycles. The summed E-state index contributed by atoms with van der Waals surface area (Å²) in [5.41, 5.74) is 3.31. The molecule has 3 heteroatoms. The number of hydrogen-bond donors (Lipinski definition) is 0. The topological polar surface area (TPSA) is 17.3 Å². The van der Waals surface area contributed by atoms with Crippen LogP contribution in [0.25, 0.3) is 16.8 Å². The minimum atomic E-state index is 0.857. The third-order valence-corrected chi connectivity index (χ3v) is 2.92. The molecule has 16 heavy (non-hydrogen) atoms. The lowest BCUT2D eigenvalue weighted by molar-refractivity contribution is 1.19. The van der Waals surface area contributed by atoms with Gasteiger partial charge in [0.15, 0.2) is 0 Å². The molecule has 0 aliphatic rings. The van der Waals surface area contributed by atoms with Crippen LogP contribution in [0.2, 0.25) is 0 Å². The molecule has 2 heterocycles. The lowest BCUT2D eigenvalue weighted by Gasteiger charge is -2.02. The van der Waals surface area contributed by atoms with Crippen LogP contribution in [0.15, 0.2) is 59.5 Å². The van der Waals surface area contributed by atoms with Gasteiger partial charge in [0, 0.05) is 18.0 Å². The Morgan fingerprint density at radius 3 is 2.62 bits per heavy atom. The molecule has 0 radical (unpaired) electrons. The van der Waals surface area contributed by atoms with E-state index in [9.17, 15) is 0 Å². The Bertz CT molecular complexity index is 629. The minimum absolute atomic E-state index is 0.857. The normalized spacial score (nSPS) is 10.8. The largest absolute Gasteiger partial charge is 0.305 e. The predicted octanol–water partition coefficient (Wildman–Crippen LogP) is 3.76. The van der Waals surface area contributed by atoms with Crippen LogP contribution in [-0.4, -0.2) is 9.38 Å². The van der Waals surface area contributed by atoms with Crippen molar-refractivity contribution in [1.29, 1.82) is 0 Å². The highest BCUT2D eigenvalue weighted by Crippen LogP contribution is 2.24. The first kappa shape index (κ1) is 9.60. The van der Waals surface area contributed by atoms with Gasteiger partial charge in [0.25, 0.3) is 0 Å². The molecular weight excluding hydrogens is 264 g/mol. The molecule has 0 aliphatic carbocycles. The van der Waals surface area contributed by atoms with Gasteiger partial charge >= 0.3 is 0 Å². The number of nitrogens with zero attached hydrogens (tertiary/aromatic N) is 2. The Balaban J connectivity index is 2.31. The number of pyridine rings is 1. The smallest absolute Gasteiger partial charge is 0.145 e. The van der Waals surface area contributed by atoms with Gasteiger partial charge in [-0.3, -0.25) is 0 Å². The highest BCUT2D eigenvalue weighted by atomic mass is 79.9. The van der Waals surface area contributed by atoms with Gasteiger partial charge in [-0.05, 0) is 33.6 Å². The molecule has 0 unspecified atom stereocenters. The number of aromatic nitrogens is 2. The number of rotatable bonds is 1. The summed E-state index contributed by atoms with van der Waals surface area (Å²) in [6, 6.07) is 14.4. The van der Waals surface area contributed by atoms with E-state index in [4.69, 9.17) is 0 Å². The quantitative estimate of drug-likeness (QED) is 0.659. The van der Waals surface area contributed by atoms with Crippen molar-refractivity contribution < 1.29 is 0 Å². The Morgan fingerprint density at radius 2 is 1.81 bits per heavy atom. The summed E-state index contributed by atoms with van der Waals surface area (Å²) in [7, 11) is 0. The number of fused-ring (bicyclic) bond motifs is 1. The Kier molecular flexibility index (Phi) is 2.26. The zero-order valence-corrected chi connectivity index (χ0v) is 10.1. The highest BCUT2D eigenvalue weighted by molar-refractivity contribution is 9.10. The first-order chi connectivity index (χ1) is 7.84. The molecule has 2 nitrogen and oxygen atoms in total. The second-order valence-corrected chi connectivity index (χ2v) is 4.39. The van der Waals surface area contributed by atoms with Crippen LogP contribution in [-0.2, 0) is 0 Å². The maximum absolute atomic E-state index is 4.47. The lowest BCUT2D eigenvalue weighted by atomic mass is 10.1. The zero-order valence-electron chi connectivity index (χ0n) is 8.47. The number of imidazole rings is 1. The van der Waals surface area contributed by atoms with Gasteiger partial charge < -0.3 is 4.40 Å². The Labute approximate surface area is 102 Å². The van der Waals surface area contributed by atoms with Gasteiger partial charge in [-0.25, -0.2) is 4.98 Å². The van der Waals surface area contributed by atoms with Gasteiger partial charge in [-0.1, -0.05) is 30.3 Å². The van der Waals surface area contributed by atoms with Crippen LogP contribution in [0.5, 0.6) is 0 Å². The van der Waals surface area contributed by atoms with E-state index in [-0.39, 0.29) is 0 Å². The van der Waals surface area contributed by atoms with Crippen LogP contribution in [0.4, 0.5) is 0 Å². The molecule has 0 aliphatic heterocycles. The molecule has 0 bridgehead atoms. The average Bonchev–Trinajstić information content (AvgIpc) is 2.70. The van der Waals surface area contributed by atoms with Crippen molar-refractivity contribution in [3.63, 3.8) is 0 Å². The maximum atomic E-state index is 4.47. The van der Waals surface area contributed by atoms with Crippen molar-refractivity contribution in [2.24, 2.45) is 0 Å². The van der Waals surface area contributed by atoms with Crippen LogP contribution >= 0.6 is 15.9 Å². The third-order valence-electron chi connectivity index (χ3n) is 2.54. The summed E-state index contributed by atoms with van der Waals surface area (Å²) in [4.78, 5) is 4.47. The molecule has 0 fully saturated rings. The van der Waals surface area contributed by atoms with E-state index in [0.717, 1.165) is 15.8 Å². The summed E-state index contributed by atoms with van der Waals surface area (Å²) in [6.45, 7) is 0. The van der Waals surface area contributed by atoms with E-state index >= 15 is 0 Å². The first-order valence-corrected chi connectivity index (χ1v) is 5.82. The van der Waals surface area contributed by atoms with Gasteiger partial charge in [0.1, 0.15) is 10.3 Å². The molecule has 0 spiro atoms. The Hall–Kier alpha value is -1.61. The first-order valence-electron chi connectivity index (χ1n) is 5.03. The van der Waals surface area contributed by atoms with Crippen molar-refractivity contribution in [3.8, 4) is 11.1 Å². The predicted molar refractivity (Wildman–Crippen MR) is 68.3 cm³/mol. The average molecular weight is 273 g/mol. The minimum Gasteiger partial charge on any atom is -0.305 e. The van der Waals surface area contributed by atoms with Crippen LogP contribution in [0.3, 0.4) is 0 Å². The molecule has 0 atom stereocenters. The summed E-state index contributed by atoms with van der Waals surface area (Å²) < 4.78 is 2.88. The summed E-state index contributed by atoms with van der Waals surface area (Å²) in [5.74, 6) is 0. The van der Waals surface area contributed by atoms with Crippen LogP contribution in [0, 0.1) is 0 Å². The molecule has 78 valence electrons. The molecular formula is C13H9BrN2. The molecule has 2 aromatic heterocycles. The molecule has 0 saturated carbocycles. The molecule has 0 N–H and O–H groups in total. The molecule has 3 rings (SSSR count). The van der Waals surface area contributed by atoms with Gasteiger partial charge in [-0.2, -0.15) is 0 Å². The van der Waals surface area contributed by atoms with Gasteiger partial charge in [-0.15, -0.1) is 0 Å². The van der Waals surface area contributed by atoms with E-state index in [1.165, 1.54) is 5.56 Å². The van der Waals surface area contributed by atoms with Crippen molar-refractivity contribution in [1.82, 2.24) is 9.38 Å². The monoisotopic (exact) mass is 272 g/mol. The fourth-order valence-corrected chi connectivity index (χ4v) is 2.21. The number of halogens is 1. The lowest BCUT2D eigenvalue weighted by Crippen LogP contribution is -1.86. The van der Waals surface area contributed by atoms with Crippen LogP contribution in [0.1, 0.15) is 0 Å². The van der Waals surface area contributed by atoms with Gasteiger partial charge in [0.05, 0.1) is 0 Å². The molecule has 0 saturated heterocycles. The number of benzene rings is 1. The van der Waals surface area contributed by atoms with E-state index < -0.39 is 0 Å². The maximum Gasteiger partial charge on any atom is 0.145 e. The van der Waals surface area contributed by atoms with Crippen molar-refractivity contribution in [3.05, 3.63) is 59.5 Å². The summed E-state index contributed by atoms with van der Waals surface area (Å²) in [5, 5.41) is 0. The SMILES string of the molecule is Brc1cn2cccc(-c3ccccc3)c2n1. The highest BCUT2D eigenvalue weighted by Gasteiger charge is 2.05. The summed E-state index contributed by atoms with van der Waals surface area (Å²) >= 11 is 3.40. The standard InChI is InChI=1S/C13H9BrN2/c14-12-9-16-8-4-7-11(13(16)15-12)10-5-2-1-3-6-10/h1-9H. The van der Waals surface area contributed by atoms with Crippen LogP contribution < -0.4 is 0 Å². The van der Waals surface area contributed by atoms with Crippen molar-refractivity contribution in [2.75, 3.05) is 0 Å². The van der Waals surface area contributed by atoms with E-state index in [0.29, 0.717) is 0 Å². The second kappa shape index (κ2) is 3.76. The fourth-order valence-electron chi connectivity index (χ4n) is 1.83. The third kappa shape index (κ3) is 1.53. The van der Waals surface area contributed by atoms with E-state index in [2.05, 4.69) is 39.1 Å². The second-order valence-electron chi connectivity index (χ2n) is 3.58. The number of hydrogen-bond acceptors (Lipinski definition) is 1. The van der Waals surface area contributed by atoms with Crippen molar-refractivity contribution >= 4 is 21.6 Å². The zero-order chi connectivity index (χ0) is 11.0.